The molecule has 0 radical (unpaired) electrons. The molecule has 0 aliphatic rings. The summed E-state index contributed by atoms with van der Waals surface area (Å²) in [6.07, 6.45) is 3.95. The summed E-state index contributed by atoms with van der Waals surface area (Å²) in [5, 5.41) is 7.82. The van der Waals surface area contributed by atoms with E-state index in [2.05, 4.69) is 55.2 Å². The van der Waals surface area contributed by atoms with E-state index in [0.29, 0.717) is 0 Å². The summed E-state index contributed by atoms with van der Waals surface area (Å²) in [5.74, 6) is 0.877. The molecule has 108 valence electrons. The number of aryl methyl sites for hydroxylation is 1. The molecule has 0 aliphatic heterocycles. The number of guanidine groups is 1. The molecule has 0 saturated carbocycles. The zero-order valence-corrected chi connectivity index (χ0v) is 13.5. The number of aliphatic imine (C=N–C) groups is 1. The number of hydrogen-bond donors (Lipinski definition) is 2. The fourth-order valence-electron chi connectivity index (χ4n) is 1.55. The molecule has 19 heavy (non-hydrogen) atoms. The average molecular weight is 282 g/mol. The van der Waals surface area contributed by atoms with Gasteiger partial charge in [-0.3, -0.25) is 4.99 Å². The van der Waals surface area contributed by atoms with E-state index in [1.807, 2.05) is 6.20 Å². The van der Waals surface area contributed by atoms with Crippen LogP contribution in [0.15, 0.2) is 11.2 Å². The monoisotopic (exact) mass is 282 g/mol. The number of rotatable bonds is 5. The molecule has 1 aromatic rings. The Morgan fingerprint density at radius 3 is 2.63 bits per heavy atom. The van der Waals surface area contributed by atoms with Gasteiger partial charge in [0.2, 0.25) is 0 Å². The van der Waals surface area contributed by atoms with Crippen molar-refractivity contribution in [3.05, 3.63) is 16.1 Å². The van der Waals surface area contributed by atoms with Crippen molar-refractivity contribution in [2.75, 3.05) is 13.1 Å². The van der Waals surface area contributed by atoms with Gasteiger partial charge in [0.15, 0.2) is 5.96 Å². The van der Waals surface area contributed by atoms with Crippen LogP contribution in [-0.2, 0) is 12.8 Å². The molecule has 1 aromatic heterocycles. The third kappa shape index (κ3) is 6.57. The second kappa shape index (κ2) is 7.48. The van der Waals surface area contributed by atoms with E-state index in [9.17, 15) is 0 Å². The highest BCUT2D eigenvalue weighted by Crippen LogP contribution is 2.13. The van der Waals surface area contributed by atoms with Crippen LogP contribution < -0.4 is 10.6 Å². The van der Waals surface area contributed by atoms with Gasteiger partial charge in [-0.1, -0.05) is 6.92 Å². The third-order valence-electron chi connectivity index (χ3n) is 2.38. The van der Waals surface area contributed by atoms with Crippen LogP contribution in [0.3, 0.4) is 0 Å². The van der Waals surface area contributed by atoms with Crippen LogP contribution in [0.5, 0.6) is 0 Å². The van der Waals surface area contributed by atoms with Gasteiger partial charge in [0.05, 0.1) is 5.01 Å². The van der Waals surface area contributed by atoms with E-state index in [0.717, 1.165) is 31.9 Å². The van der Waals surface area contributed by atoms with Crippen molar-refractivity contribution >= 4 is 17.3 Å². The van der Waals surface area contributed by atoms with Gasteiger partial charge in [0.25, 0.3) is 0 Å². The predicted octanol–water partition coefficient (Wildman–Crippen LogP) is 2.60. The maximum Gasteiger partial charge on any atom is 0.191 e. The minimum Gasteiger partial charge on any atom is -0.357 e. The smallest absolute Gasteiger partial charge is 0.191 e. The lowest BCUT2D eigenvalue weighted by atomic mass is 10.1. The normalized spacial score (nSPS) is 12.6. The van der Waals surface area contributed by atoms with Crippen molar-refractivity contribution in [2.24, 2.45) is 4.99 Å². The van der Waals surface area contributed by atoms with Crippen molar-refractivity contribution in [3.8, 4) is 0 Å². The van der Waals surface area contributed by atoms with E-state index in [-0.39, 0.29) is 5.54 Å². The molecule has 2 N–H and O–H groups in total. The Morgan fingerprint density at radius 2 is 2.11 bits per heavy atom. The van der Waals surface area contributed by atoms with E-state index in [4.69, 9.17) is 0 Å². The molecular formula is C14H26N4S. The van der Waals surface area contributed by atoms with Gasteiger partial charge >= 0.3 is 0 Å². The molecule has 0 spiro atoms. The molecular weight excluding hydrogens is 256 g/mol. The third-order valence-corrected chi connectivity index (χ3v) is 3.58. The van der Waals surface area contributed by atoms with E-state index in [1.54, 1.807) is 11.3 Å². The zero-order chi connectivity index (χ0) is 14.3. The molecule has 0 fully saturated rings. The topological polar surface area (TPSA) is 49.3 Å². The first-order chi connectivity index (χ1) is 8.94. The Bertz CT molecular complexity index is 404. The average Bonchev–Trinajstić information content (AvgIpc) is 2.75. The predicted molar refractivity (Wildman–Crippen MR) is 84.1 cm³/mol. The van der Waals surface area contributed by atoms with Crippen LogP contribution in [0, 0.1) is 0 Å². The first-order valence-corrected chi connectivity index (χ1v) is 7.76. The fraction of sp³-hybridized carbons (Fsp3) is 0.714. The van der Waals surface area contributed by atoms with Gasteiger partial charge in [0, 0.05) is 36.1 Å². The quantitative estimate of drug-likeness (QED) is 0.645. The lowest BCUT2D eigenvalue weighted by Gasteiger charge is -2.23. The Hall–Kier alpha value is -1.10. The van der Waals surface area contributed by atoms with E-state index < -0.39 is 0 Å². The highest BCUT2D eigenvalue weighted by molar-refractivity contribution is 7.11. The molecule has 0 aromatic carbocycles. The van der Waals surface area contributed by atoms with Crippen LogP contribution >= 0.6 is 11.3 Å². The van der Waals surface area contributed by atoms with Crippen molar-refractivity contribution < 1.29 is 0 Å². The molecule has 4 nitrogen and oxygen atoms in total. The zero-order valence-electron chi connectivity index (χ0n) is 12.7. The lowest BCUT2D eigenvalue weighted by Crippen LogP contribution is -2.47. The molecule has 0 aliphatic carbocycles. The summed E-state index contributed by atoms with van der Waals surface area (Å²) in [7, 11) is 0. The van der Waals surface area contributed by atoms with Crippen LogP contribution in [0.4, 0.5) is 0 Å². The number of hydrogen-bond acceptors (Lipinski definition) is 3. The summed E-state index contributed by atoms with van der Waals surface area (Å²) in [5.41, 5.74) is 0.0254. The molecule has 0 amide bonds. The van der Waals surface area contributed by atoms with Gasteiger partial charge in [-0.05, 0) is 34.1 Å². The van der Waals surface area contributed by atoms with Gasteiger partial charge < -0.3 is 10.6 Å². The number of thiazole rings is 1. The van der Waals surface area contributed by atoms with Gasteiger partial charge in [-0.2, -0.15) is 0 Å². The lowest BCUT2D eigenvalue weighted by molar-refractivity contribution is 0.501. The maximum atomic E-state index is 4.59. The minimum absolute atomic E-state index is 0.0254. The summed E-state index contributed by atoms with van der Waals surface area (Å²) in [6.45, 7) is 12.3. The molecule has 0 unspecified atom stereocenters. The van der Waals surface area contributed by atoms with Crippen LogP contribution in [0.2, 0.25) is 0 Å². The van der Waals surface area contributed by atoms with Crippen molar-refractivity contribution in [3.63, 3.8) is 0 Å². The Morgan fingerprint density at radius 1 is 1.37 bits per heavy atom. The molecule has 0 atom stereocenters. The standard InChI is InChI=1S/C14H26N4S/c1-6-11-10-17-12(19-11)8-9-16-13(15-7-2)18-14(3,4)5/h10H,6-9H2,1-5H3,(H2,15,16,18). The Labute approximate surface area is 120 Å². The summed E-state index contributed by atoms with van der Waals surface area (Å²) < 4.78 is 0. The van der Waals surface area contributed by atoms with Crippen molar-refractivity contribution in [1.82, 2.24) is 15.6 Å². The Kier molecular flexibility index (Phi) is 6.28. The fourth-order valence-corrected chi connectivity index (χ4v) is 2.40. The molecule has 5 heteroatoms. The first-order valence-electron chi connectivity index (χ1n) is 6.94. The number of nitrogens with zero attached hydrogens (tertiary/aromatic N) is 2. The molecule has 0 bridgehead atoms. The van der Waals surface area contributed by atoms with Gasteiger partial charge in [-0.25, -0.2) is 4.98 Å². The summed E-state index contributed by atoms with van der Waals surface area (Å²) in [6, 6.07) is 0. The largest absolute Gasteiger partial charge is 0.357 e. The Balaban J connectivity index is 2.50. The van der Waals surface area contributed by atoms with Crippen LogP contribution in [0.1, 0.15) is 44.5 Å². The van der Waals surface area contributed by atoms with E-state index in [1.165, 1.54) is 9.88 Å². The first kappa shape index (κ1) is 16.0. The number of nitrogens with one attached hydrogen (secondary N) is 2. The number of aromatic nitrogens is 1. The highest BCUT2D eigenvalue weighted by atomic mass is 32.1. The molecule has 1 heterocycles. The van der Waals surface area contributed by atoms with Gasteiger partial charge in [0.1, 0.15) is 0 Å². The van der Waals surface area contributed by atoms with Gasteiger partial charge in [-0.15, -0.1) is 11.3 Å². The summed E-state index contributed by atoms with van der Waals surface area (Å²) >= 11 is 1.79. The minimum atomic E-state index is 0.0254. The SMILES string of the molecule is CCNC(=NCCc1ncc(CC)s1)NC(C)(C)C. The maximum absolute atomic E-state index is 4.59. The molecule has 0 saturated heterocycles. The van der Waals surface area contributed by atoms with Crippen molar-refractivity contribution in [1.29, 1.82) is 0 Å². The van der Waals surface area contributed by atoms with Crippen LogP contribution in [-0.4, -0.2) is 29.6 Å². The van der Waals surface area contributed by atoms with Crippen LogP contribution in [0.25, 0.3) is 0 Å². The highest BCUT2D eigenvalue weighted by Gasteiger charge is 2.11. The summed E-state index contributed by atoms with van der Waals surface area (Å²) in [4.78, 5) is 10.3. The van der Waals surface area contributed by atoms with Crippen molar-refractivity contribution in [2.45, 2.75) is 53.0 Å². The molecule has 1 rings (SSSR count). The van der Waals surface area contributed by atoms with E-state index >= 15 is 0 Å². The second-order valence-electron chi connectivity index (χ2n) is 5.46. The second-order valence-corrected chi connectivity index (χ2v) is 6.66.